The number of nitrogens with one attached hydrogen (secondary N) is 1. The van der Waals surface area contributed by atoms with Crippen LogP contribution in [0.4, 0.5) is 5.82 Å². The van der Waals surface area contributed by atoms with E-state index >= 15 is 0 Å². The highest BCUT2D eigenvalue weighted by Gasteiger charge is 2.04. The van der Waals surface area contributed by atoms with Crippen molar-refractivity contribution in [1.82, 2.24) is 15.0 Å². The van der Waals surface area contributed by atoms with Crippen molar-refractivity contribution in [3.63, 3.8) is 0 Å². The van der Waals surface area contributed by atoms with E-state index in [0.717, 1.165) is 36.5 Å². The lowest BCUT2D eigenvalue weighted by molar-refractivity contribution is 0.296. The quantitative estimate of drug-likeness (QED) is 0.755. The predicted octanol–water partition coefficient (Wildman–Crippen LogP) is 3.23. The number of ether oxygens (including phenoxy) is 1. The zero-order valence-corrected chi connectivity index (χ0v) is 12.7. The number of pyridine rings is 1. The van der Waals surface area contributed by atoms with E-state index in [1.807, 2.05) is 31.3 Å². The molecule has 112 valence electrons. The summed E-state index contributed by atoms with van der Waals surface area (Å²) in [6, 6.07) is 5.81. The van der Waals surface area contributed by atoms with E-state index in [9.17, 15) is 0 Å². The molecule has 0 spiro atoms. The van der Waals surface area contributed by atoms with Gasteiger partial charge in [0.15, 0.2) is 0 Å². The van der Waals surface area contributed by atoms with Crippen molar-refractivity contribution in [3.05, 3.63) is 42.0 Å². The van der Waals surface area contributed by atoms with Gasteiger partial charge in [0.1, 0.15) is 11.6 Å². The average Bonchev–Trinajstić information content (AvgIpc) is 2.54. The van der Waals surface area contributed by atoms with Crippen LogP contribution >= 0.6 is 0 Å². The summed E-state index contributed by atoms with van der Waals surface area (Å²) in [5.41, 5.74) is 1.11. The largest absolute Gasteiger partial charge is 0.478 e. The summed E-state index contributed by atoms with van der Waals surface area (Å²) in [6.45, 7) is 5.55. The van der Waals surface area contributed by atoms with E-state index in [4.69, 9.17) is 4.74 Å². The number of hydrogen-bond donors (Lipinski definition) is 1. The molecule has 21 heavy (non-hydrogen) atoms. The lowest BCUT2D eigenvalue weighted by atomic mass is 10.3. The molecule has 5 nitrogen and oxygen atoms in total. The Hall–Kier alpha value is -2.17. The van der Waals surface area contributed by atoms with Gasteiger partial charge in [-0.1, -0.05) is 26.3 Å². The van der Waals surface area contributed by atoms with Gasteiger partial charge in [0.25, 0.3) is 0 Å². The first-order valence-corrected chi connectivity index (χ1v) is 7.45. The Morgan fingerprint density at radius 3 is 2.86 bits per heavy atom. The van der Waals surface area contributed by atoms with Crippen LogP contribution in [-0.4, -0.2) is 21.6 Å². The van der Waals surface area contributed by atoms with Gasteiger partial charge in [0.05, 0.1) is 6.61 Å². The molecule has 2 rings (SSSR count). The van der Waals surface area contributed by atoms with E-state index in [-0.39, 0.29) is 0 Å². The molecule has 0 aromatic carbocycles. The summed E-state index contributed by atoms with van der Waals surface area (Å²) in [7, 11) is 0. The average molecular weight is 286 g/mol. The molecule has 0 aliphatic heterocycles. The molecule has 0 saturated heterocycles. The maximum Gasteiger partial charge on any atom is 0.218 e. The predicted molar refractivity (Wildman–Crippen MR) is 83.4 cm³/mol. The third-order valence-corrected chi connectivity index (χ3v) is 3.01. The molecule has 0 unspecified atom stereocenters. The van der Waals surface area contributed by atoms with Crippen LogP contribution in [0.3, 0.4) is 0 Å². The van der Waals surface area contributed by atoms with Gasteiger partial charge >= 0.3 is 0 Å². The molecule has 0 radical (unpaired) electrons. The first-order chi connectivity index (χ1) is 10.3. The van der Waals surface area contributed by atoms with E-state index in [0.29, 0.717) is 19.0 Å². The summed E-state index contributed by atoms with van der Waals surface area (Å²) in [5.74, 6) is 2.22. The highest BCUT2D eigenvalue weighted by molar-refractivity contribution is 5.39. The van der Waals surface area contributed by atoms with Crippen molar-refractivity contribution in [2.24, 2.45) is 0 Å². The standard InChI is InChI=1S/C16H22N4O/c1-3-5-9-21-16-10-15(19-14(4-2)20-16)18-12-13-7-6-8-17-11-13/h6-8,10-11H,3-5,9,12H2,1-2H3,(H,18,19,20). The number of nitrogens with zero attached hydrogens (tertiary/aromatic N) is 3. The molecule has 0 aliphatic rings. The third-order valence-electron chi connectivity index (χ3n) is 3.01. The number of aryl methyl sites for hydroxylation is 1. The molecular formula is C16H22N4O. The van der Waals surface area contributed by atoms with Crippen molar-refractivity contribution in [2.45, 2.75) is 39.7 Å². The number of aromatic nitrogens is 3. The highest BCUT2D eigenvalue weighted by atomic mass is 16.5. The molecule has 0 atom stereocenters. The fourth-order valence-corrected chi connectivity index (χ4v) is 1.81. The van der Waals surface area contributed by atoms with Gasteiger partial charge in [0.2, 0.25) is 5.88 Å². The SMILES string of the molecule is CCCCOc1cc(NCc2cccnc2)nc(CC)n1. The molecule has 5 heteroatoms. The molecule has 2 aromatic heterocycles. The second kappa shape index (κ2) is 8.19. The summed E-state index contributed by atoms with van der Waals surface area (Å²) in [5, 5.41) is 3.30. The number of unbranched alkanes of at least 4 members (excludes halogenated alkanes) is 1. The Balaban J connectivity index is 2.02. The fourth-order valence-electron chi connectivity index (χ4n) is 1.81. The van der Waals surface area contributed by atoms with Gasteiger partial charge in [-0.25, -0.2) is 4.98 Å². The van der Waals surface area contributed by atoms with Crippen LogP contribution in [-0.2, 0) is 13.0 Å². The third kappa shape index (κ3) is 5.02. The summed E-state index contributed by atoms with van der Waals surface area (Å²) in [4.78, 5) is 13.0. The first kappa shape index (κ1) is 15.2. The summed E-state index contributed by atoms with van der Waals surface area (Å²) >= 11 is 0. The Morgan fingerprint density at radius 1 is 1.24 bits per heavy atom. The Kier molecular flexibility index (Phi) is 5.94. The zero-order valence-electron chi connectivity index (χ0n) is 12.7. The molecule has 2 aromatic rings. The maximum absolute atomic E-state index is 5.68. The minimum Gasteiger partial charge on any atom is -0.478 e. The van der Waals surface area contributed by atoms with Crippen molar-refractivity contribution in [1.29, 1.82) is 0 Å². The first-order valence-electron chi connectivity index (χ1n) is 7.45. The Labute approximate surface area is 125 Å². The second-order valence-electron chi connectivity index (χ2n) is 4.78. The molecule has 0 bridgehead atoms. The van der Waals surface area contributed by atoms with E-state index in [2.05, 4.69) is 27.2 Å². The lowest BCUT2D eigenvalue weighted by Gasteiger charge is -2.10. The van der Waals surface area contributed by atoms with E-state index < -0.39 is 0 Å². The fraction of sp³-hybridized carbons (Fsp3) is 0.438. The van der Waals surface area contributed by atoms with Crippen LogP contribution in [0.2, 0.25) is 0 Å². The molecule has 0 aliphatic carbocycles. The van der Waals surface area contributed by atoms with Gasteiger partial charge in [-0.3, -0.25) is 4.98 Å². The zero-order chi connectivity index (χ0) is 14.9. The van der Waals surface area contributed by atoms with Crippen molar-refractivity contribution in [3.8, 4) is 5.88 Å². The molecule has 1 N–H and O–H groups in total. The number of rotatable bonds is 8. The lowest BCUT2D eigenvalue weighted by Crippen LogP contribution is -2.07. The van der Waals surface area contributed by atoms with E-state index in [1.165, 1.54) is 0 Å². The molecule has 0 amide bonds. The summed E-state index contributed by atoms with van der Waals surface area (Å²) < 4.78 is 5.68. The minimum atomic E-state index is 0.643. The van der Waals surface area contributed by atoms with Crippen LogP contribution < -0.4 is 10.1 Å². The van der Waals surface area contributed by atoms with Gasteiger partial charge < -0.3 is 10.1 Å². The molecule has 2 heterocycles. The smallest absolute Gasteiger partial charge is 0.218 e. The van der Waals surface area contributed by atoms with Crippen molar-refractivity contribution in [2.75, 3.05) is 11.9 Å². The van der Waals surface area contributed by atoms with Gasteiger partial charge in [-0.2, -0.15) is 4.98 Å². The van der Waals surface area contributed by atoms with Crippen molar-refractivity contribution >= 4 is 5.82 Å². The maximum atomic E-state index is 5.68. The van der Waals surface area contributed by atoms with E-state index in [1.54, 1.807) is 6.20 Å². The Bertz CT molecular complexity index is 545. The topological polar surface area (TPSA) is 59.9 Å². The number of anilines is 1. The highest BCUT2D eigenvalue weighted by Crippen LogP contribution is 2.15. The van der Waals surface area contributed by atoms with Gasteiger partial charge in [0, 0.05) is 31.4 Å². The van der Waals surface area contributed by atoms with Gasteiger partial charge in [-0.05, 0) is 18.1 Å². The van der Waals surface area contributed by atoms with Crippen LogP contribution in [0.1, 0.15) is 38.1 Å². The van der Waals surface area contributed by atoms with Crippen LogP contribution in [0, 0.1) is 0 Å². The molecule has 0 saturated carbocycles. The van der Waals surface area contributed by atoms with Crippen molar-refractivity contribution < 1.29 is 4.74 Å². The Morgan fingerprint density at radius 2 is 2.14 bits per heavy atom. The number of hydrogen-bond acceptors (Lipinski definition) is 5. The minimum absolute atomic E-state index is 0.643. The molecular weight excluding hydrogens is 264 g/mol. The van der Waals surface area contributed by atoms with Crippen LogP contribution in [0.5, 0.6) is 5.88 Å². The monoisotopic (exact) mass is 286 g/mol. The normalized spacial score (nSPS) is 10.4. The van der Waals surface area contributed by atoms with Crippen LogP contribution in [0.15, 0.2) is 30.6 Å². The summed E-state index contributed by atoms with van der Waals surface area (Å²) in [6.07, 6.45) is 6.53. The van der Waals surface area contributed by atoms with Gasteiger partial charge in [-0.15, -0.1) is 0 Å². The van der Waals surface area contributed by atoms with Crippen LogP contribution in [0.25, 0.3) is 0 Å². The molecule has 0 fully saturated rings. The second-order valence-corrected chi connectivity index (χ2v) is 4.78.